The van der Waals surface area contributed by atoms with Gasteiger partial charge in [0, 0.05) is 12.1 Å². The van der Waals surface area contributed by atoms with Crippen molar-refractivity contribution in [2.24, 2.45) is 0 Å². The first-order valence-electron chi connectivity index (χ1n) is 11.2. The smallest absolute Gasteiger partial charge is 0.330 e. The van der Waals surface area contributed by atoms with E-state index in [2.05, 4.69) is 4.98 Å². The first-order valence-corrected chi connectivity index (χ1v) is 11.2. The Labute approximate surface area is 197 Å². The lowest BCUT2D eigenvalue weighted by molar-refractivity contribution is 0.0981. The van der Waals surface area contributed by atoms with Gasteiger partial charge < -0.3 is 15.2 Å². The van der Waals surface area contributed by atoms with Gasteiger partial charge in [-0.25, -0.2) is 4.79 Å². The van der Waals surface area contributed by atoms with E-state index in [4.69, 9.17) is 15.2 Å². The van der Waals surface area contributed by atoms with Crippen LogP contribution in [0.1, 0.15) is 42.6 Å². The highest BCUT2D eigenvalue weighted by atomic mass is 16.5. The van der Waals surface area contributed by atoms with Crippen molar-refractivity contribution >= 4 is 17.4 Å². The molecule has 180 valence electrons. The Morgan fingerprint density at radius 2 is 1.74 bits per heavy atom. The van der Waals surface area contributed by atoms with Crippen molar-refractivity contribution in [3.05, 3.63) is 80.5 Å². The van der Waals surface area contributed by atoms with E-state index in [0.717, 1.165) is 6.42 Å². The van der Waals surface area contributed by atoms with Crippen molar-refractivity contribution in [2.75, 3.05) is 24.4 Å². The van der Waals surface area contributed by atoms with Crippen LogP contribution in [-0.4, -0.2) is 29.2 Å². The van der Waals surface area contributed by atoms with Gasteiger partial charge in [-0.15, -0.1) is 0 Å². The quantitative estimate of drug-likeness (QED) is 0.474. The number of anilines is 2. The molecular weight excluding hydrogens is 436 g/mol. The van der Waals surface area contributed by atoms with Crippen LogP contribution in [0.3, 0.4) is 0 Å². The zero-order chi connectivity index (χ0) is 24.7. The summed E-state index contributed by atoms with van der Waals surface area (Å²) in [5.74, 6) is 0.370. The number of hydrogen-bond donors (Lipinski definition) is 2. The number of H-pyrrole nitrogens is 1. The number of amides is 1. The van der Waals surface area contributed by atoms with Crippen molar-refractivity contribution in [3.63, 3.8) is 0 Å². The van der Waals surface area contributed by atoms with Gasteiger partial charge in [0.15, 0.2) is 5.69 Å². The lowest BCUT2D eigenvalue weighted by Crippen LogP contribution is -2.41. The van der Waals surface area contributed by atoms with Gasteiger partial charge in [-0.1, -0.05) is 43.7 Å². The maximum atomic E-state index is 13.9. The average Bonchev–Trinajstić information content (AvgIpc) is 2.83. The number of rotatable bonds is 10. The molecule has 0 unspecified atom stereocenters. The molecule has 34 heavy (non-hydrogen) atoms. The third kappa shape index (κ3) is 5.14. The monoisotopic (exact) mass is 466 g/mol. The highest BCUT2D eigenvalue weighted by Crippen LogP contribution is 2.28. The second-order valence-corrected chi connectivity index (χ2v) is 7.63. The van der Waals surface area contributed by atoms with Crippen LogP contribution in [-0.2, 0) is 13.1 Å². The zero-order valence-electron chi connectivity index (χ0n) is 19.7. The summed E-state index contributed by atoms with van der Waals surface area (Å²) in [4.78, 5) is 42.9. The minimum absolute atomic E-state index is 0.0113. The van der Waals surface area contributed by atoms with Crippen LogP contribution in [0.15, 0.2) is 58.1 Å². The summed E-state index contributed by atoms with van der Waals surface area (Å²) >= 11 is 0. The van der Waals surface area contributed by atoms with E-state index in [-0.39, 0.29) is 23.6 Å². The number of carbonyl (C=O) groups excluding carboxylic acids is 1. The number of ether oxygens (including phenoxy) is 2. The van der Waals surface area contributed by atoms with E-state index < -0.39 is 17.2 Å². The predicted octanol–water partition coefficient (Wildman–Crippen LogP) is 3.17. The molecule has 1 aromatic heterocycles. The molecule has 1 amide bonds. The second-order valence-electron chi connectivity index (χ2n) is 7.63. The lowest BCUT2D eigenvalue weighted by atomic mass is 10.1. The molecule has 0 atom stereocenters. The maximum Gasteiger partial charge on any atom is 0.330 e. The first kappa shape index (κ1) is 24.6. The van der Waals surface area contributed by atoms with Crippen molar-refractivity contribution in [2.45, 2.75) is 39.8 Å². The summed E-state index contributed by atoms with van der Waals surface area (Å²) in [6.07, 6.45) is 1.51. The molecule has 9 heteroatoms. The number of nitrogen functional groups attached to an aromatic ring is 1. The van der Waals surface area contributed by atoms with Crippen molar-refractivity contribution in [1.82, 2.24) is 9.55 Å². The number of para-hydroxylation sites is 2. The standard InChI is InChI=1S/C25H30N4O5/c1-4-6-15-28-22(26)21(23(30)27-25(28)32)29(16-17-11-7-9-13-19(17)33-3)24(31)18-12-8-10-14-20(18)34-5-2/h7-14H,4-6,15-16,26H2,1-3H3,(H,27,30,32). The number of nitrogens with one attached hydrogen (secondary N) is 1. The molecule has 0 aliphatic carbocycles. The minimum Gasteiger partial charge on any atom is -0.496 e. The Bertz CT molecular complexity index is 1260. The minimum atomic E-state index is -0.743. The van der Waals surface area contributed by atoms with Crippen molar-refractivity contribution in [3.8, 4) is 11.5 Å². The molecular formula is C25H30N4O5. The van der Waals surface area contributed by atoms with Crippen LogP contribution in [0.5, 0.6) is 11.5 Å². The van der Waals surface area contributed by atoms with Crippen LogP contribution in [0, 0.1) is 0 Å². The zero-order valence-corrected chi connectivity index (χ0v) is 19.7. The Morgan fingerprint density at radius 1 is 1.06 bits per heavy atom. The van der Waals surface area contributed by atoms with Gasteiger partial charge in [0.05, 0.1) is 25.8 Å². The van der Waals surface area contributed by atoms with E-state index >= 15 is 0 Å². The van der Waals surface area contributed by atoms with Gasteiger partial charge in [0.25, 0.3) is 11.5 Å². The third-order valence-corrected chi connectivity index (χ3v) is 5.40. The van der Waals surface area contributed by atoms with Gasteiger partial charge in [0.2, 0.25) is 0 Å². The highest BCUT2D eigenvalue weighted by molar-refractivity contribution is 6.08. The van der Waals surface area contributed by atoms with Crippen LogP contribution in [0.4, 0.5) is 11.5 Å². The summed E-state index contributed by atoms with van der Waals surface area (Å²) in [5, 5.41) is 0. The van der Waals surface area contributed by atoms with Crippen LogP contribution < -0.4 is 31.4 Å². The number of nitrogens with two attached hydrogens (primary N) is 1. The van der Waals surface area contributed by atoms with E-state index in [1.54, 1.807) is 36.4 Å². The second kappa shape index (κ2) is 11.2. The van der Waals surface area contributed by atoms with Crippen molar-refractivity contribution < 1.29 is 14.3 Å². The molecule has 0 radical (unpaired) electrons. The lowest BCUT2D eigenvalue weighted by Gasteiger charge is -2.26. The molecule has 0 saturated carbocycles. The Kier molecular flexibility index (Phi) is 8.13. The number of aromatic amines is 1. The molecule has 0 saturated heterocycles. The summed E-state index contributed by atoms with van der Waals surface area (Å²) in [6, 6.07) is 14.0. The van der Waals surface area contributed by atoms with Crippen LogP contribution in [0.2, 0.25) is 0 Å². The van der Waals surface area contributed by atoms with E-state index in [9.17, 15) is 14.4 Å². The molecule has 0 fully saturated rings. The first-order chi connectivity index (χ1) is 16.4. The fourth-order valence-electron chi connectivity index (χ4n) is 3.70. The molecule has 9 nitrogen and oxygen atoms in total. The SMILES string of the molecule is CCCCn1c(N)c(N(Cc2ccccc2OC)C(=O)c2ccccc2OCC)c(=O)[nH]c1=O. The summed E-state index contributed by atoms with van der Waals surface area (Å²) in [5.41, 5.74) is 5.83. The van der Waals surface area contributed by atoms with Crippen LogP contribution >= 0.6 is 0 Å². The molecule has 0 bridgehead atoms. The topological polar surface area (TPSA) is 120 Å². The Balaban J connectivity index is 2.22. The fourth-order valence-corrected chi connectivity index (χ4v) is 3.70. The van der Waals surface area contributed by atoms with Crippen LogP contribution in [0.25, 0.3) is 0 Å². The number of benzene rings is 2. The normalized spacial score (nSPS) is 10.7. The molecule has 1 heterocycles. The molecule has 3 aromatic rings. The number of unbranched alkanes of at least 4 members (excludes halogenated alkanes) is 1. The largest absolute Gasteiger partial charge is 0.496 e. The summed E-state index contributed by atoms with van der Waals surface area (Å²) in [7, 11) is 1.53. The number of hydrogen-bond acceptors (Lipinski definition) is 6. The van der Waals surface area contributed by atoms with Gasteiger partial charge in [0.1, 0.15) is 17.3 Å². The molecule has 3 rings (SSSR count). The highest BCUT2D eigenvalue weighted by Gasteiger charge is 2.28. The van der Waals surface area contributed by atoms with Gasteiger partial charge in [-0.05, 0) is 31.5 Å². The van der Waals surface area contributed by atoms with Crippen molar-refractivity contribution in [1.29, 1.82) is 0 Å². The Morgan fingerprint density at radius 3 is 2.41 bits per heavy atom. The van der Waals surface area contributed by atoms with E-state index in [0.29, 0.717) is 36.6 Å². The average molecular weight is 467 g/mol. The van der Waals surface area contributed by atoms with Gasteiger partial charge in [-0.3, -0.25) is 24.0 Å². The molecule has 0 aliphatic heterocycles. The van der Waals surface area contributed by atoms with E-state index in [1.807, 2.05) is 26.0 Å². The number of aromatic nitrogens is 2. The molecule has 2 aromatic carbocycles. The predicted molar refractivity (Wildman–Crippen MR) is 132 cm³/mol. The molecule has 3 N–H and O–H groups in total. The fraction of sp³-hybridized carbons (Fsp3) is 0.320. The Hall–Kier alpha value is -4.01. The van der Waals surface area contributed by atoms with E-state index in [1.165, 1.54) is 16.6 Å². The van der Waals surface area contributed by atoms with Gasteiger partial charge >= 0.3 is 5.69 Å². The molecule has 0 aliphatic rings. The van der Waals surface area contributed by atoms with Gasteiger partial charge in [-0.2, -0.15) is 0 Å². The third-order valence-electron chi connectivity index (χ3n) is 5.40. The number of nitrogens with zero attached hydrogens (tertiary/aromatic N) is 2. The summed E-state index contributed by atoms with van der Waals surface area (Å²) < 4.78 is 12.4. The maximum absolute atomic E-state index is 13.9. The number of methoxy groups -OCH3 is 1. The molecule has 0 spiro atoms. The number of carbonyl (C=O) groups is 1. The summed E-state index contributed by atoms with van der Waals surface area (Å²) in [6.45, 7) is 4.47.